The highest BCUT2D eigenvalue weighted by atomic mass is 19.1. The minimum atomic E-state index is -0.886. The third kappa shape index (κ3) is 4.95. The molecule has 0 bridgehead atoms. The van der Waals surface area contributed by atoms with Crippen molar-refractivity contribution in [3.05, 3.63) is 89.5 Å². The molecule has 0 radical (unpaired) electrons. The van der Waals surface area contributed by atoms with E-state index in [2.05, 4.69) is 10.6 Å². The minimum absolute atomic E-state index is 0.0898. The van der Waals surface area contributed by atoms with Crippen LogP contribution in [0, 0.1) is 11.6 Å². The van der Waals surface area contributed by atoms with Crippen LogP contribution in [0.4, 0.5) is 20.2 Å². The summed E-state index contributed by atoms with van der Waals surface area (Å²) < 4.78 is 32.8. The van der Waals surface area contributed by atoms with Crippen LogP contribution in [0.2, 0.25) is 0 Å². The molecule has 3 aromatic rings. The van der Waals surface area contributed by atoms with Crippen LogP contribution in [0.15, 0.2) is 66.7 Å². The summed E-state index contributed by atoms with van der Waals surface area (Å²) in [7, 11) is 0. The molecule has 0 fully saturated rings. The van der Waals surface area contributed by atoms with Gasteiger partial charge in [-0.3, -0.25) is 9.59 Å². The Morgan fingerprint density at radius 1 is 0.828 bits per heavy atom. The van der Waals surface area contributed by atoms with Gasteiger partial charge in [-0.2, -0.15) is 0 Å². The van der Waals surface area contributed by atoms with Gasteiger partial charge in [-0.05, 0) is 61.5 Å². The molecular formula is C22H18F2N2O3. The van der Waals surface area contributed by atoms with Crippen molar-refractivity contribution in [3.63, 3.8) is 0 Å². The highest BCUT2D eigenvalue weighted by Gasteiger charge is 2.15. The van der Waals surface area contributed by atoms with E-state index in [1.54, 1.807) is 24.3 Å². The molecule has 2 amide bonds. The zero-order chi connectivity index (χ0) is 20.8. The van der Waals surface area contributed by atoms with Crippen LogP contribution in [0.1, 0.15) is 27.6 Å². The second kappa shape index (κ2) is 8.97. The predicted octanol–water partition coefficient (Wildman–Crippen LogP) is 4.87. The third-order valence-electron chi connectivity index (χ3n) is 4.01. The summed E-state index contributed by atoms with van der Waals surface area (Å²) in [6.45, 7) is 2.41. The van der Waals surface area contributed by atoms with Gasteiger partial charge in [0.1, 0.15) is 23.1 Å². The minimum Gasteiger partial charge on any atom is -0.494 e. The second-order valence-corrected chi connectivity index (χ2v) is 6.04. The predicted molar refractivity (Wildman–Crippen MR) is 106 cm³/mol. The van der Waals surface area contributed by atoms with Gasteiger partial charge in [-0.25, -0.2) is 8.78 Å². The summed E-state index contributed by atoms with van der Waals surface area (Å²) >= 11 is 0. The van der Waals surface area contributed by atoms with E-state index < -0.39 is 29.1 Å². The standard InChI is InChI=1S/C22H18F2N2O3/c1-2-29-17-11-9-16(10-12-17)25-21(27)14-5-3-6-15(13-14)22(28)26-20-18(23)7-4-8-19(20)24/h3-13H,2H2,1H3,(H,25,27)(H,26,28). The summed E-state index contributed by atoms with van der Waals surface area (Å²) in [6, 6.07) is 16.0. The van der Waals surface area contributed by atoms with E-state index in [9.17, 15) is 18.4 Å². The number of halogens is 2. The van der Waals surface area contributed by atoms with E-state index in [1.807, 2.05) is 6.92 Å². The first kappa shape index (κ1) is 20.0. The molecule has 0 unspecified atom stereocenters. The maximum atomic E-state index is 13.7. The lowest BCUT2D eigenvalue weighted by Crippen LogP contribution is -2.16. The first-order chi connectivity index (χ1) is 14.0. The van der Waals surface area contributed by atoms with Crippen LogP contribution < -0.4 is 15.4 Å². The normalized spacial score (nSPS) is 10.3. The molecule has 0 saturated heterocycles. The first-order valence-electron chi connectivity index (χ1n) is 8.87. The topological polar surface area (TPSA) is 67.4 Å². The van der Waals surface area contributed by atoms with E-state index >= 15 is 0 Å². The maximum Gasteiger partial charge on any atom is 0.255 e. The van der Waals surface area contributed by atoms with Crippen molar-refractivity contribution in [1.29, 1.82) is 0 Å². The quantitative estimate of drug-likeness (QED) is 0.625. The zero-order valence-corrected chi connectivity index (χ0v) is 15.5. The van der Waals surface area contributed by atoms with Crippen molar-refractivity contribution < 1.29 is 23.1 Å². The van der Waals surface area contributed by atoms with E-state index in [4.69, 9.17) is 4.74 Å². The van der Waals surface area contributed by atoms with Crippen LogP contribution in [0.5, 0.6) is 5.75 Å². The number of nitrogens with one attached hydrogen (secondary N) is 2. The van der Waals surface area contributed by atoms with Crippen molar-refractivity contribution in [2.75, 3.05) is 17.2 Å². The first-order valence-corrected chi connectivity index (χ1v) is 8.87. The Balaban J connectivity index is 1.73. The van der Waals surface area contributed by atoms with E-state index in [-0.39, 0.29) is 11.1 Å². The number of hydrogen-bond acceptors (Lipinski definition) is 3. The molecule has 7 heteroatoms. The Bertz CT molecular complexity index is 1020. The molecule has 3 aromatic carbocycles. The lowest BCUT2D eigenvalue weighted by molar-refractivity contribution is 0.102. The third-order valence-corrected chi connectivity index (χ3v) is 4.01. The molecule has 0 aliphatic carbocycles. The number of ether oxygens (including phenoxy) is 1. The molecule has 0 aliphatic heterocycles. The fourth-order valence-corrected chi connectivity index (χ4v) is 2.61. The molecule has 0 aliphatic rings. The fourth-order valence-electron chi connectivity index (χ4n) is 2.61. The zero-order valence-electron chi connectivity index (χ0n) is 15.5. The van der Waals surface area contributed by atoms with Crippen LogP contribution in [-0.4, -0.2) is 18.4 Å². The molecule has 3 rings (SSSR count). The molecule has 0 spiro atoms. The number of para-hydroxylation sites is 1. The highest BCUT2D eigenvalue weighted by Crippen LogP contribution is 2.20. The number of carbonyl (C=O) groups excluding carboxylic acids is 2. The molecule has 29 heavy (non-hydrogen) atoms. The van der Waals surface area contributed by atoms with Gasteiger partial charge in [-0.1, -0.05) is 12.1 Å². The average molecular weight is 396 g/mol. The van der Waals surface area contributed by atoms with Crippen LogP contribution >= 0.6 is 0 Å². The second-order valence-electron chi connectivity index (χ2n) is 6.04. The van der Waals surface area contributed by atoms with E-state index in [0.717, 1.165) is 12.1 Å². The summed E-state index contributed by atoms with van der Waals surface area (Å²) in [4.78, 5) is 24.8. The molecule has 5 nitrogen and oxygen atoms in total. The van der Waals surface area contributed by atoms with E-state index in [1.165, 1.54) is 30.3 Å². The Kier molecular flexibility index (Phi) is 6.19. The van der Waals surface area contributed by atoms with Gasteiger partial charge in [0.15, 0.2) is 0 Å². The van der Waals surface area contributed by atoms with Gasteiger partial charge < -0.3 is 15.4 Å². The SMILES string of the molecule is CCOc1ccc(NC(=O)c2cccc(C(=O)Nc3c(F)cccc3F)c2)cc1. The maximum absolute atomic E-state index is 13.7. The molecule has 0 aromatic heterocycles. The number of benzene rings is 3. The van der Waals surface area contributed by atoms with Crippen molar-refractivity contribution >= 4 is 23.2 Å². The molecule has 2 N–H and O–H groups in total. The number of hydrogen-bond donors (Lipinski definition) is 2. The average Bonchev–Trinajstić information content (AvgIpc) is 2.72. The number of carbonyl (C=O) groups is 2. The van der Waals surface area contributed by atoms with Crippen molar-refractivity contribution in [1.82, 2.24) is 0 Å². The van der Waals surface area contributed by atoms with Crippen LogP contribution in [0.3, 0.4) is 0 Å². The van der Waals surface area contributed by atoms with Gasteiger partial charge >= 0.3 is 0 Å². The lowest BCUT2D eigenvalue weighted by Gasteiger charge is -2.10. The van der Waals surface area contributed by atoms with Gasteiger partial charge in [0.25, 0.3) is 11.8 Å². The molecular weight excluding hydrogens is 378 g/mol. The monoisotopic (exact) mass is 396 g/mol. The van der Waals surface area contributed by atoms with Crippen LogP contribution in [-0.2, 0) is 0 Å². The van der Waals surface area contributed by atoms with Gasteiger partial charge in [-0.15, -0.1) is 0 Å². The smallest absolute Gasteiger partial charge is 0.255 e. The lowest BCUT2D eigenvalue weighted by atomic mass is 10.1. The molecule has 0 atom stereocenters. The number of rotatable bonds is 6. The van der Waals surface area contributed by atoms with Crippen molar-refractivity contribution in [3.8, 4) is 5.75 Å². The Morgan fingerprint density at radius 2 is 1.38 bits per heavy atom. The van der Waals surface area contributed by atoms with Crippen LogP contribution in [0.25, 0.3) is 0 Å². The summed E-state index contributed by atoms with van der Waals surface area (Å²) in [5.74, 6) is -2.25. The van der Waals surface area contributed by atoms with Crippen molar-refractivity contribution in [2.45, 2.75) is 6.92 Å². The largest absolute Gasteiger partial charge is 0.494 e. The highest BCUT2D eigenvalue weighted by molar-refractivity contribution is 6.08. The van der Waals surface area contributed by atoms with Crippen molar-refractivity contribution in [2.24, 2.45) is 0 Å². The Hall–Kier alpha value is -3.74. The number of amides is 2. The molecule has 148 valence electrons. The fraction of sp³-hybridized carbons (Fsp3) is 0.0909. The van der Waals surface area contributed by atoms with Gasteiger partial charge in [0.05, 0.1) is 6.61 Å². The van der Waals surface area contributed by atoms with Gasteiger partial charge in [0.2, 0.25) is 0 Å². The number of anilines is 2. The summed E-state index contributed by atoms with van der Waals surface area (Å²) in [6.07, 6.45) is 0. The molecule has 0 heterocycles. The van der Waals surface area contributed by atoms with E-state index in [0.29, 0.717) is 18.0 Å². The Labute approximate surface area is 166 Å². The summed E-state index contributed by atoms with van der Waals surface area (Å²) in [5.41, 5.74) is 0.330. The molecule has 0 saturated carbocycles. The summed E-state index contributed by atoms with van der Waals surface area (Å²) in [5, 5.41) is 4.91. The van der Waals surface area contributed by atoms with Gasteiger partial charge in [0, 0.05) is 16.8 Å². The Morgan fingerprint density at radius 3 is 1.97 bits per heavy atom.